The highest BCUT2D eigenvalue weighted by Crippen LogP contribution is 2.37. The standard InChI is InChI=1S/C24H24N4O/c25-18-24(13-7-8-14-24)23(29)26-15-21-17-28(16-19-9-3-1-4-10-19)27-22(21)20-11-5-2-6-12-20/h1-6,9-12,17H,7-8,13-16H2,(H,26,29). The van der Waals surface area contributed by atoms with Crippen LogP contribution in [0.3, 0.4) is 0 Å². The monoisotopic (exact) mass is 384 g/mol. The molecule has 5 heteroatoms. The van der Waals surface area contributed by atoms with Crippen molar-refractivity contribution in [3.8, 4) is 17.3 Å². The van der Waals surface area contributed by atoms with E-state index in [-0.39, 0.29) is 5.91 Å². The first-order valence-electron chi connectivity index (χ1n) is 10.1. The van der Waals surface area contributed by atoms with E-state index >= 15 is 0 Å². The van der Waals surface area contributed by atoms with Gasteiger partial charge in [-0.2, -0.15) is 10.4 Å². The summed E-state index contributed by atoms with van der Waals surface area (Å²) in [4.78, 5) is 12.8. The molecule has 1 aromatic heterocycles. The number of carbonyl (C=O) groups excluding carboxylic acids is 1. The molecule has 1 fully saturated rings. The van der Waals surface area contributed by atoms with Crippen LogP contribution in [0.2, 0.25) is 0 Å². The van der Waals surface area contributed by atoms with Crippen LogP contribution >= 0.6 is 0 Å². The molecule has 1 saturated carbocycles. The molecule has 1 N–H and O–H groups in total. The lowest BCUT2D eigenvalue weighted by Gasteiger charge is -2.19. The Bertz CT molecular complexity index is 1010. The topological polar surface area (TPSA) is 70.7 Å². The van der Waals surface area contributed by atoms with Crippen LogP contribution in [0.5, 0.6) is 0 Å². The van der Waals surface area contributed by atoms with Crippen molar-refractivity contribution in [2.75, 3.05) is 0 Å². The number of hydrogen-bond acceptors (Lipinski definition) is 3. The van der Waals surface area contributed by atoms with Gasteiger partial charge in [-0.1, -0.05) is 73.5 Å². The van der Waals surface area contributed by atoms with Gasteiger partial charge in [-0.05, 0) is 18.4 Å². The van der Waals surface area contributed by atoms with E-state index in [1.54, 1.807) is 0 Å². The van der Waals surface area contributed by atoms with E-state index in [2.05, 4.69) is 23.5 Å². The summed E-state index contributed by atoms with van der Waals surface area (Å²) in [5, 5.41) is 17.4. The second-order valence-corrected chi connectivity index (χ2v) is 7.64. The van der Waals surface area contributed by atoms with E-state index in [4.69, 9.17) is 5.10 Å². The van der Waals surface area contributed by atoms with Crippen molar-refractivity contribution in [1.82, 2.24) is 15.1 Å². The van der Waals surface area contributed by atoms with E-state index < -0.39 is 5.41 Å². The quantitative estimate of drug-likeness (QED) is 0.689. The Balaban J connectivity index is 1.57. The molecule has 0 saturated heterocycles. The van der Waals surface area contributed by atoms with Crippen molar-refractivity contribution in [3.05, 3.63) is 78.0 Å². The minimum absolute atomic E-state index is 0.160. The van der Waals surface area contributed by atoms with Crippen LogP contribution in [0.1, 0.15) is 36.8 Å². The van der Waals surface area contributed by atoms with Gasteiger partial charge in [0.1, 0.15) is 5.41 Å². The highest BCUT2D eigenvalue weighted by molar-refractivity contribution is 5.85. The minimum atomic E-state index is -0.868. The summed E-state index contributed by atoms with van der Waals surface area (Å²) in [7, 11) is 0. The van der Waals surface area contributed by atoms with Gasteiger partial charge in [-0.15, -0.1) is 0 Å². The van der Waals surface area contributed by atoms with Crippen LogP contribution in [-0.4, -0.2) is 15.7 Å². The molecule has 1 aliphatic carbocycles. The molecule has 0 unspecified atom stereocenters. The average molecular weight is 384 g/mol. The first-order chi connectivity index (χ1) is 14.2. The number of benzene rings is 2. The number of amides is 1. The third-order valence-electron chi connectivity index (χ3n) is 5.62. The molecule has 3 aromatic rings. The summed E-state index contributed by atoms with van der Waals surface area (Å²) in [6.45, 7) is 1.03. The van der Waals surface area contributed by atoms with Gasteiger partial charge in [0.2, 0.25) is 5.91 Å². The maximum Gasteiger partial charge on any atom is 0.240 e. The third kappa shape index (κ3) is 4.07. The van der Waals surface area contributed by atoms with Crippen molar-refractivity contribution in [1.29, 1.82) is 5.26 Å². The number of nitriles is 1. The molecular formula is C24H24N4O. The summed E-state index contributed by atoms with van der Waals surface area (Å²) in [6, 6.07) is 22.4. The molecule has 0 atom stereocenters. The van der Waals surface area contributed by atoms with Gasteiger partial charge in [0, 0.05) is 23.9 Å². The van der Waals surface area contributed by atoms with Crippen molar-refractivity contribution >= 4 is 5.91 Å². The smallest absolute Gasteiger partial charge is 0.240 e. The highest BCUT2D eigenvalue weighted by Gasteiger charge is 2.41. The SMILES string of the molecule is N#CC1(C(=O)NCc2cn(Cc3ccccc3)nc2-c2ccccc2)CCCC1. The summed E-state index contributed by atoms with van der Waals surface area (Å²) in [5.41, 5.74) is 3.12. The van der Waals surface area contributed by atoms with Gasteiger partial charge < -0.3 is 5.32 Å². The normalized spacial score (nSPS) is 15.0. The fraction of sp³-hybridized carbons (Fsp3) is 0.292. The van der Waals surface area contributed by atoms with E-state index in [0.29, 0.717) is 25.9 Å². The zero-order chi connectivity index (χ0) is 20.1. The predicted octanol–water partition coefficient (Wildman–Crippen LogP) is 4.30. The van der Waals surface area contributed by atoms with Crippen molar-refractivity contribution in [2.24, 2.45) is 5.41 Å². The molecule has 5 nitrogen and oxygen atoms in total. The lowest BCUT2D eigenvalue weighted by atomic mass is 9.87. The number of hydrogen-bond donors (Lipinski definition) is 1. The summed E-state index contributed by atoms with van der Waals surface area (Å²) < 4.78 is 1.91. The molecule has 2 aromatic carbocycles. The predicted molar refractivity (Wildman–Crippen MR) is 112 cm³/mol. The lowest BCUT2D eigenvalue weighted by molar-refractivity contribution is -0.128. The fourth-order valence-electron chi connectivity index (χ4n) is 4.00. The largest absolute Gasteiger partial charge is 0.350 e. The van der Waals surface area contributed by atoms with E-state index in [1.165, 1.54) is 5.56 Å². The second-order valence-electron chi connectivity index (χ2n) is 7.64. The van der Waals surface area contributed by atoms with Crippen LogP contribution in [0, 0.1) is 16.7 Å². The van der Waals surface area contributed by atoms with Gasteiger partial charge in [-0.3, -0.25) is 9.48 Å². The van der Waals surface area contributed by atoms with Gasteiger partial charge >= 0.3 is 0 Å². The van der Waals surface area contributed by atoms with Gasteiger partial charge in [0.05, 0.1) is 18.3 Å². The number of rotatable bonds is 6. The van der Waals surface area contributed by atoms with Crippen LogP contribution in [-0.2, 0) is 17.9 Å². The Kier molecular flexibility index (Phi) is 5.44. The van der Waals surface area contributed by atoms with Crippen molar-refractivity contribution in [3.63, 3.8) is 0 Å². The van der Waals surface area contributed by atoms with Crippen LogP contribution in [0.25, 0.3) is 11.3 Å². The Morgan fingerprint density at radius 1 is 1.07 bits per heavy atom. The number of carbonyl (C=O) groups is 1. The molecule has 1 amide bonds. The van der Waals surface area contributed by atoms with Gasteiger partial charge in [-0.25, -0.2) is 0 Å². The number of nitrogens with zero attached hydrogens (tertiary/aromatic N) is 3. The van der Waals surface area contributed by atoms with Crippen molar-refractivity contribution in [2.45, 2.75) is 38.8 Å². The van der Waals surface area contributed by atoms with E-state index in [0.717, 1.165) is 29.7 Å². The molecule has 0 bridgehead atoms. The highest BCUT2D eigenvalue weighted by atomic mass is 16.2. The van der Waals surface area contributed by atoms with E-state index in [9.17, 15) is 10.1 Å². The molecule has 0 radical (unpaired) electrons. The lowest BCUT2D eigenvalue weighted by Crippen LogP contribution is -2.37. The summed E-state index contributed by atoms with van der Waals surface area (Å²) in [5.74, 6) is -0.160. The molecule has 1 aliphatic rings. The maximum absolute atomic E-state index is 12.8. The Morgan fingerprint density at radius 3 is 2.38 bits per heavy atom. The maximum atomic E-state index is 12.8. The third-order valence-corrected chi connectivity index (χ3v) is 5.62. The first kappa shape index (κ1) is 18.9. The number of aromatic nitrogens is 2. The fourth-order valence-corrected chi connectivity index (χ4v) is 4.00. The van der Waals surface area contributed by atoms with E-state index in [1.807, 2.05) is 59.4 Å². The molecule has 4 rings (SSSR count). The van der Waals surface area contributed by atoms with Crippen LogP contribution < -0.4 is 5.32 Å². The van der Waals surface area contributed by atoms with Crippen LogP contribution in [0.15, 0.2) is 66.9 Å². The van der Waals surface area contributed by atoms with Gasteiger partial charge in [0.15, 0.2) is 0 Å². The Morgan fingerprint density at radius 2 is 1.72 bits per heavy atom. The van der Waals surface area contributed by atoms with Gasteiger partial charge in [0.25, 0.3) is 0 Å². The summed E-state index contributed by atoms with van der Waals surface area (Å²) >= 11 is 0. The zero-order valence-electron chi connectivity index (χ0n) is 16.3. The average Bonchev–Trinajstić information content (AvgIpc) is 3.41. The zero-order valence-corrected chi connectivity index (χ0v) is 16.3. The van der Waals surface area contributed by atoms with Crippen molar-refractivity contribution < 1.29 is 4.79 Å². The summed E-state index contributed by atoms with van der Waals surface area (Å²) in [6.07, 6.45) is 5.15. The first-order valence-corrected chi connectivity index (χ1v) is 10.1. The second kappa shape index (κ2) is 8.32. The van der Waals surface area contributed by atoms with Crippen LogP contribution in [0.4, 0.5) is 0 Å². The Hall–Kier alpha value is -3.39. The molecule has 29 heavy (non-hydrogen) atoms. The number of nitrogens with one attached hydrogen (secondary N) is 1. The molecule has 0 aliphatic heterocycles. The Labute approximate surface area is 171 Å². The molecule has 146 valence electrons. The minimum Gasteiger partial charge on any atom is -0.350 e. The molecular weight excluding hydrogens is 360 g/mol. The molecule has 0 spiro atoms. The molecule has 1 heterocycles.